The lowest BCUT2D eigenvalue weighted by atomic mass is 10.1. The van der Waals surface area contributed by atoms with Gasteiger partial charge in [-0.05, 0) is 35.9 Å². The Balaban J connectivity index is 1.88. The summed E-state index contributed by atoms with van der Waals surface area (Å²) in [6.07, 6.45) is 0. The molecule has 22 heavy (non-hydrogen) atoms. The maximum atomic E-state index is 12.3. The highest BCUT2D eigenvalue weighted by Crippen LogP contribution is 2.34. The number of carbonyl (C=O) groups excluding carboxylic acids is 1. The van der Waals surface area contributed by atoms with Crippen molar-refractivity contribution < 1.29 is 9.00 Å². The van der Waals surface area contributed by atoms with E-state index in [4.69, 9.17) is 11.6 Å². The zero-order valence-corrected chi connectivity index (χ0v) is 14.5. The first-order valence-electron chi connectivity index (χ1n) is 6.47. The number of fused-ring (bicyclic) bond motifs is 1. The lowest BCUT2D eigenvalue weighted by Crippen LogP contribution is -2.05. The van der Waals surface area contributed by atoms with Crippen molar-refractivity contribution in [1.29, 1.82) is 0 Å². The van der Waals surface area contributed by atoms with Gasteiger partial charge in [-0.3, -0.25) is 9.00 Å². The molecule has 6 heteroatoms. The Bertz CT molecular complexity index is 820. The number of rotatable bonds is 3. The Morgan fingerprint density at radius 1 is 1.23 bits per heavy atom. The topological polar surface area (TPSA) is 46.2 Å². The van der Waals surface area contributed by atoms with Gasteiger partial charge in [0.15, 0.2) is 0 Å². The van der Waals surface area contributed by atoms with Gasteiger partial charge in [0.2, 0.25) is 0 Å². The van der Waals surface area contributed by atoms with Crippen molar-refractivity contribution in [3.05, 3.63) is 68.5 Å². The second kappa shape index (κ2) is 6.36. The maximum Gasteiger partial charge on any atom is 0.256 e. The van der Waals surface area contributed by atoms with E-state index in [1.54, 1.807) is 12.1 Å². The van der Waals surface area contributed by atoms with Gasteiger partial charge in [-0.1, -0.05) is 39.7 Å². The molecule has 0 bridgehead atoms. The van der Waals surface area contributed by atoms with E-state index >= 15 is 0 Å². The third-order valence-corrected chi connectivity index (χ3v) is 5.06. The largest absolute Gasteiger partial charge is 0.321 e. The van der Waals surface area contributed by atoms with E-state index in [0.717, 1.165) is 21.3 Å². The van der Waals surface area contributed by atoms with E-state index < -0.39 is 10.8 Å². The molecule has 1 aliphatic heterocycles. The average molecular weight is 397 g/mol. The molecule has 0 radical (unpaired) electrons. The molecule has 3 rings (SSSR count). The van der Waals surface area contributed by atoms with Crippen molar-refractivity contribution in [2.24, 2.45) is 0 Å². The molecule has 0 spiro atoms. The van der Waals surface area contributed by atoms with Crippen LogP contribution in [0.15, 0.2) is 52.3 Å². The van der Waals surface area contributed by atoms with E-state index in [9.17, 15) is 9.00 Å². The molecule has 2 aromatic rings. The van der Waals surface area contributed by atoms with Gasteiger partial charge >= 0.3 is 0 Å². The van der Waals surface area contributed by atoms with Crippen LogP contribution < -0.4 is 5.32 Å². The summed E-state index contributed by atoms with van der Waals surface area (Å²) in [7, 11) is -1.30. The number of benzene rings is 2. The molecular weight excluding hydrogens is 386 g/mol. The van der Waals surface area contributed by atoms with Crippen LogP contribution >= 0.6 is 27.5 Å². The number of hydrogen-bond donors (Lipinski definition) is 1. The molecule has 1 amide bonds. The molecule has 0 saturated heterocycles. The molecule has 0 aliphatic carbocycles. The van der Waals surface area contributed by atoms with Crippen LogP contribution in [-0.2, 0) is 21.3 Å². The minimum atomic E-state index is -1.30. The van der Waals surface area contributed by atoms with E-state index in [-0.39, 0.29) is 5.91 Å². The number of anilines is 1. The zero-order chi connectivity index (χ0) is 15.7. The molecule has 0 aromatic heterocycles. The quantitative estimate of drug-likeness (QED) is 0.784. The van der Waals surface area contributed by atoms with Crippen LogP contribution in [0.3, 0.4) is 0 Å². The SMILES string of the molecule is O=C1Nc2ccc(Br)cc2C1=CS(=O)Cc1cccc(Cl)c1. The van der Waals surface area contributed by atoms with Gasteiger partial charge in [0.25, 0.3) is 5.91 Å². The number of hydrogen-bond acceptors (Lipinski definition) is 2. The van der Waals surface area contributed by atoms with Crippen LogP contribution in [0.4, 0.5) is 5.69 Å². The van der Waals surface area contributed by atoms with E-state index in [1.807, 2.05) is 30.3 Å². The van der Waals surface area contributed by atoms with Gasteiger partial charge in [-0.15, -0.1) is 0 Å². The molecule has 3 nitrogen and oxygen atoms in total. The molecule has 2 aromatic carbocycles. The van der Waals surface area contributed by atoms with Crippen molar-refractivity contribution in [2.45, 2.75) is 5.75 Å². The van der Waals surface area contributed by atoms with Crippen LogP contribution in [0.2, 0.25) is 5.02 Å². The van der Waals surface area contributed by atoms with Crippen LogP contribution in [0.25, 0.3) is 5.57 Å². The van der Waals surface area contributed by atoms with E-state index in [1.165, 1.54) is 5.41 Å². The third kappa shape index (κ3) is 3.32. The first kappa shape index (κ1) is 15.5. The first-order chi connectivity index (χ1) is 10.5. The molecule has 1 atom stereocenters. The van der Waals surface area contributed by atoms with Crippen LogP contribution in [-0.4, -0.2) is 10.1 Å². The highest BCUT2D eigenvalue weighted by Gasteiger charge is 2.24. The second-order valence-electron chi connectivity index (χ2n) is 4.83. The molecule has 1 heterocycles. The van der Waals surface area contributed by atoms with E-state index in [0.29, 0.717) is 16.3 Å². The number of halogens is 2. The fourth-order valence-electron chi connectivity index (χ4n) is 2.24. The lowest BCUT2D eigenvalue weighted by Gasteiger charge is -2.01. The third-order valence-electron chi connectivity index (χ3n) is 3.21. The van der Waals surface area contributed by atoms with Crippen molar-refractivity contribution >= 4 is 55.5 Å². The Hall–Kier alpha value is -1.43. The van der Waals surface area contributed by atoms with Crippen LogP contribution in [0, 0.1) is 0 Å². The highest BCUT2D eigenvalue weighted by molar-refractivity contribution is 9.10. The van der Waals surface area contributed by atoms with Gasteiger partial charge < -0.3 is 5.32 Å². The predicted molar refractivity (Wildman–Crippen MR) is 94.0 cm³/mol. The summed E-state index contributed by atoms with van der Waals surface area (Å²) < 4.78 is 13.2. The van der Waals surface area contributed by atoms with Gasteiger partial charge in [0.05, 0.1) is 22.1 Å². The minimum Gasteiger partial charge on any atom is -0.321 e. The second-order valence-corrected chi connectivity index (χ2v) is 7.47. The number of nitrogens with one attached hydrogen (secondary N) is 1. The molecule has 0 saturated carbocycles. The zero-order valence-electron chi connectivity index (χ0n) is 11.3. The van der Waals surface area contributed by atoms with E-state index in [2.05, 4.69) is 21.2 Å². The summed E-state index contributed by atoms with van der Waals surface area (Å²) in [5.41, 5.74) is 2.81. The fraction of sp³-hybridized carbons (Fsp3) is 0.0625. The monoisotopic (exact) mass is 395 g/mol. The van der Waals surface area contributed by atoms with Gasteiger partial charge in [-0.2, -0.15) is 0 Å². The molecular formula is C16H11BrClNO2S. The Labute approximate surface area is 144 Å². The van der Waals surface area contributed by atoms with Crippen LogP contribution in [0.5, 0.6) is 0 Å². The summed E-state index contributed by atoms with van der Waals surface area (Å²) in [4.78, 5) is 12.0. The van der Waals surface area contributed by atoms with Gasteiger partial charge in [0, 0.05) is 26.2 Å². The van der Waals surface area contributed by atoms with Crippen LogP contribution in [0.1, 0.15) is 11.1 Å². The Kier molecular flexibility index (Phi) is 4.47. The Morgan fingerprint density at radius 3 is 2.82 bits per heavy atom. The predicted octanol–water partition coefficient (Wildman–Crippen LogP) is 4.34. The Morgan fingerprint density at radius 2 is 2.05 bits per heavy atom. The van der Waals surface area contributed by atoms with Gasteiger partial charge in [-0.25, -0.2) is 0 Å². The van der Waals surface area contributed by atoms with Crippen molar-refractivity contribution in [2.75, 3.05) is 5.32 Å². The summed E-state index contributed by atoms with van der Waals surface area (Å²) in [5.74, 6) is 0.0910. The number of carbonyl (C=O) groups is 1. The highest BCUT2D eigenvalue weighted by atomic mass is 79.9. The first-order valence-corrected chi connectivity index (χ1v) is 9.03. The molecule has 1 N–H and O–H groups in total. The molecule has 1 aliphatic rings. The summed E-state index contributed by atoms with van der Waals surface area (Å²) in [6, 6.07) is 12.7. The van der Waals surface area contributed by atoms with Gasteiger partial charge in [0.1, 0.15) is 0 Å². The smallest absolute Gasteiger partial charge is 0.256 e. The molecule has 0 fully saturated rings. The standard InChI is InChI=1S/C16H11BrClNO2S/c17-11-4-5-15-13(7-11)14(16(20)19-15)9-22(21)8-10-2-1-3-12(18)6-10/h1-7,9H,8H2,(H,19,20). The van der Waals surface area contributed by atoms with Crippen molar-refractivity contribution in [3.63, 3.8) is 0 Å². The summed E-state index contributed by atoms with van der Waals surface area (Å²) in [5, 5.41) is 4.88. The summed E-state index contributed by atoms with van der Waals surface area (Å²) in [6.45, 7) is 0. The lowest BCUT2D eigenvalue weighted by molar-refractivity contribution is -0.110. The maximum absolute atomic E-state index is 12.3. The average Bonchev–Trinajstić information content (AvgIpc) is 2.75. The normalized spacial score (nSPS) is 16.5. The molecule has 1 unspecified atom stereocenters. The van der Waals surface area contributed by atoms with Crippen molar-refractivity contribution in [3.8, 4) is 0 Å². The summed E-state index contributed by atoms with van der Waals surface area (Å²) >= 11 is 9.31. The fourth-order valence-corrected chi connectivity index (χ4v) is 3.90. The minimum absolute atomic E-state index is 0.229. The molecule has 112 valence electrons. The number of amides is 1. The van der Waals surface area contributed by atoms with Crippen molar-refractivity contribution in [1.82, 2.24) is 0 Å².